The smallest absolute Gasteiger partial charge is 0.258 e. The average molecular weight is 434 g/mol. The number of aliphatic hydroxyl groups excluding tert-OH is 1. The fraction of sp³-hybridized carbons (Fsp3) is 0.304. The number of nitroso groups, excluding NO2 is 1. The highest BCUT2D eigenvalue weighted by Gasteiger charge is 2.46. The lowest BCUT2D eigenvalue weighted by molar-refractivity contribution is 0.236. The molecule has 0 radical (unpaired) electrons. The number of aliphatic hydroxyl groups is 1. The fourth-order valence-corrected chi connectivity index (χ4v) is 3.61. The van der Waals surface area contributed by atoms with Gasteiger partial charge in [0, 0.05) is 28.6 Å². The number of ether oxygens (including phenoxy) is 1. The van der Waals surface area contributed by atoms with Gasteiger partial charge >= 0.3 is 0 Å². The van der Waals surface area contributed by atoms with E-state index >= 15 is 0 Å². The number of rotatable bonds is 9. The first-order valence-electron chi connectivity index (χ1n) is 10.4. The largest absolute Gasteiger partial charge is 0.493 e. The van der Waals surface area contributed by atoms with Crippen LogP contribution in [0.3, 0.4) is 0 Å². The van der Waals surface area contributed by atoms with Gasteiger partial charge in [0.25, 0.3) is 5.89 Å². The first kappa shape index (κ1) is 20.3. The molecule has 2 aromatic carbocycles. The summed E-state index contributed by atoms with van der Waals surface area (Å²) in [6.45, 7) is 3.24. The topological polar surface area (TPSA) is 133 Å². The van der Waals surface area contributed by atoms with Crippen LogP contribution in [0.5, 0.6) is 5.75 Å². The molecule has 0 saturated carbocycles. The van der Waals surface area contributed by atoms with Crippen molar-refractivity contribution >= 4 is 11.0 Å². The summed E-state index contributed by atoms with van der Waals surface area (Å²) in [6, 6.07) is 12.9. The van der Waals surface area contributed by atoms with Crippen LogP contribution in [-0.4, -0.2) is 35.0 Å². The fourth-order valence-electron chi connectivity index (χ4n) is 3.61. The molecule has 0 amide bonds. The van der Waals surface area contributed by atoms with Gasteiger partial charge in [-0.25, -0.2) is 0 Å². The van der Waals surface area contributed by atoms with E-state index in [2.05, 4.69) is 20.6 Å². The third-order valence-electron chi connectivity index (χ3n) is 5.55. The van der Waals surface area contributed by atoms with Gasteiger partial charge in [-0.3, -0.25) is 5.32 Å². The predicted molar refractivity (Wildman–Crippen MR) is 117 cm³/mol. The van der Waals surface area contributed by atoms with Gasteiger partial charge in [-0.15, -0.1) is 0 Å². The van der Waals surface area contributed by atoms with Crippen molar-refractivity contribution in [2.24, 2.45) is 5.18 Å². The van der Waals surface area contributed by atoms with E-state index in [9.17, 15) is 10.0 Å². The van der Waals surface area contributed by atoms with Gasteiger partial charge in [0.2, 0.25) is 5.82 Å². The first-order chi connectivity index (χ1) is 15.7. The molecule has 9 heteroatoms. The highest BCUT2D eigenvalue weighted by molar-refractivity contribution is 5.83. The molecular formula is C23H22N4O5. The summed E-state index contributed by atoms with van der Waals surface area (Å²) in [4.78, 5) is 15.4. The Hall–Kier alpha value is -3.56. The molecule has 164 valence electrons. The molecule has 0 spiro atoms. The molecule has 0 bridgehead atoms. The molecule has 1 aliphatic heterocycles. The van der Waals surface area contributed by atoms with E-state index in [0.717, 1.165) is 23.0 Å². The Morgan fingerprint density at radius 1 is 1.22 bits per heavy atom. The Balaban J connectivity index is 1.43. The van der Waals surface area contributed by atoms with Gasteiger partial charge < -0.3 is 18.8 Å². The lowest BCUT2D eigenvalue weighted by atomic mass is 10.1. The van der Waals surface area contributed by atoms with Crippen molar-refractivity contribution in [1.82, 2.24) is 15.5 Å². The zero-order chi connectivity index (χ0) is 22.1. The van der Waals surface area contributed by atoms with Gasteiger partial charge in [-0.1, -0.05) is 17.3 Å². The summed E-state index contributed by atoms with van der Waals surface area (Å²) in [5.74, 6) is 2.11. The van der Waals surface area contributed by atoms with E-state index in [-0.39, 0.29) is 13.2 Å². The lowest BCUT2D eigenvalue weighted by Gasteiger charge is -2.09. The molecule has 1 fully saturated rings. The summed E-state index contributed by atoms with van der Waals surface area (Å²) < 4.78 is 17.1. The van der Waals surface area contributed by atoms with Gasteiger partial charge in [-0.2, -0.15) is 9.89 Å². The maximum Gasteiger partial charge on any atom is 0.258 e. The monoisotopic (exact) mass is 434 g/mol. The van der Waals surface area contributed by atoms with Gasteiger partial charge in [0.15, 0.2) is 0 Å². The van der Waals surface area contributed by atoms with E-state index in [1.54, 1.807) is 12.1 Å². The second kappa shape index (κ2) is 8.18. The van der Waals surface area contributed by atoms with E-state index in [4.69, 9.17) is 13.7 Å². The normalized spacial score (nSPS) is 17.6. The summed E-state index contributed by atoms with van der Waals surface area (Å²) in [5, 5.41) is 20.8. The maximum absolute atomic E-state index is 10.8. The zero-order valence-corrected chi connectivity index (χ0v) is 17.5. The number of hydrogen-bond donors (Lipinski definition) is 2. The summed E-state index contributed by atoms with van der Waals surface area (Å²) in [6.07, 6.45) is 0.864. The van der Waals surface area contributed by atoms with Crippen LogP contribution >= 0.6 is 0 Å². The number of fused-ring (bicyclic) bond motifs is 1. The molecule has 3 heterocycles. The van der Waals surface area contributed by atoms with Gasteiger partial charge in [0.05, 0.1) is 13.2 Å². The number of nitrogens with zero attached hydrogens (tertiary/aromatic N) is 3. The third-order valence-corrected chi connectivity index (χ3v) is 5.55. The molecule has 2 N–H and O–H groups in total. The standard InChI is InChI=1S/C23H22N4O5/c1-2-7-30-18-5-4-15(9-17(18)11-25-29)22-26-21(27-32-22)14-3-6-19-16(8-14)10-20(31-19)23(13-28)12-24-23/h3-6,8-10,24,28H,2,7,11-13H2,1H3. The SMILES string of the molecule is CCCOc1ccc(-c2nc(-c3ccc4oc(C5(CO)CN5)cc4c3)no2)cc1CN=O. The minimum absolute atomic E-state index is 0.00242. The number of aromatic nitrogens is 2. The Bertz CT molecular complexity index is 1270. The van der Waals surface area contributed by atoms with E-state index in [0.29, 0.717) is 47.5 Å². The van der Waals surface area contributed by atoms with Crippen molar-refractivity contribution in [2.75, 3.05) is 19.8 Å². The van der Waals surface area contributed by atoms with Crippen molar-refractivity contribution in [3.8, 4) is 28.6 Å². The number of nitrogens with one attached hydrogen (secondary N) is 1. The molecule has 9 nitrogen and oxygen atoms in total. The van der Waals surface area contributed by atoms with Gasteiger partial charge in [-0.05, 0) is 48.9 Å². The van der Waals surface area contributed by atoms with Crippen molar-refractivity contribution in [3.63, 3.8) is 0 Å². The Kier molecular flexibility index (Phi) is 5.20. The van der Waals surface area contributed by atoms with E-state index in [1.165, 1.54) is 0 Å². The van der Waals surface area contributed by atoms with Crippen LogP contribution in [0, 0.1) is 4.91 Å². The Labute approximate surface area is 183 Å². The lowest BCUT2D eigenvalue weighted by Crippen LogP contribution is -2.16. The highest BCUT2D eigenvalue weighted by Crippen LogP contribution is 2.36. The van der Waals surface area contributed by atoms with Gasteiger partial charge in [0.1, 0.15) is 29.2 Å². The molecule has 1 atom stereocenters. The number of benzene rings is 2. The van der Waals surface area contributed by atoms with Crippen LogP contribution < -0.4 is 10.1 Å². The van der Waals surface area contributed by atoms with E-state index < -0.39 is 5.54 Å². The zero-order valence-electron chi connectivity index (χ0n) is 17.5. The number of furan rings is 1. The molecule has 2 aromatic heterocycles. The summed E-state index contributed by atoms with van der Waals surface area (Å²) >= 11 is 0. The minimum atomic E-state index is -0.473. The summed E-state index contributed by atoms with van der Waals surface area (Å²) in [7, 11) is 0. The van der Waals surface area contributed by atoms with E-state index in [1.807, 2.05) is 37.3 Å². The average Bonchev–Trinajstić information content (AvgIpc) is 3.25. The van der Waals surface area contributed by atoms with Crippen LogP contribution in [-0.2, 0) is 12.1 Å². The molecule has 4 aromatic rings. The number of hydrogen-bond acceptors (Lipinski definition) is 9. The van der Waals surface area contributed by atoms with Crippen LogP contribution in [0.4, 0.5) is 0 Å². The van der Waals surface area contributed by atoms with Crippen LogP contribution in [0.15, 0.2) is 56.6 Å². The van der Waals surface area contributed by atoms with Crippen LogP contribution in [0.1, 0.15) is 24.7 Å². The van der Waals surface area contributed by atoms with Crippen molar-refractivity contribution in [3.05, 3.63) is 58.7 Å². The first-order valence-corrected chi connectivity index (χ1v) is 10.4. The second-order valence-electron chi connectivity index (χ2n) is 7.84. The summed E-state index contributed by atoms with van der Waals surface area (Å²) in [5.41, 5.74) is 2.38. The molecule has 5 rings (SSSR count). The maximum atomic E-state index is 10.8. The molecular weight excluding hydrogens is 412 g/mol. The molecule has 0 aliphatic carbocycles. The Morgan fingerprint density at radius 2 is 2.06 bits per heavy atom. The van der Waals surface area contributed by atoms with Crippen LogP contribution in [0.2, 0.25) is 0 Å². The van der Waals surface area contributed by atoms with Crippen LogP contribution in [0.25, 0.3) is 33.8 Å². The third kappa shape index (κ3) is 3.65. The second-order valence-corrected chi connectivity index (χ2v) is 7.84. The molecule has 1 aliphatic rings. The minimum Gasteiger partial charge on any atom is -0.493 e. The predicted octanol–water partition coefficient (Wildman–Crippen LogP) is 4.00. The Morgan fingerprint density at radius 3 is 2.81 bits per heavy atom. The van der Waals surface area contributed by atoms with Crippen molar-refractivity contribution in [2.45, 2.75) is 25.4 Å². The van der Waals surface area contributed by atoms with Crippen molar-refractivity contribution in [1.29, 1.82) is 0 Å². The molecule has 32 heavy (non-hydrogen) atoms. The van der Waals surface area contributed by atoms with Crippen molar-refractivity contribution < 1.29 is 18.8 Å². The quantitative estimate of drug-likeness (QED) is 0.298. The molecule has 1 unspecified atom stereocenters. The molecule has 1 saturated heterocycles. The highest BCUT2D eigenvalue weighted by atomic mass is 16.5.